The van der Waals surface area contributed by atoms with Crippen LogP contribution >= 0.6 is 0 Å². The van der Waals surface area contributed by atoms with Crippen molar-refractivity contribution >= 4 is 5.82 Å². The highest BCUT2D eigenvalue weighted by Crippen LogP contribution is 2.27. The summed E-state index contributed by atoms with van der Waals surface area (Å²) in [5, 5.41) is 6.64. The van der Waals surface area contributed by atoms with Gasteiger partial charge in [-0.05, 0) is 19.1 Å². The Morgan fingerprint density at radius 2 is 2.00 bits per heavy atom. The number of alkyl halides is 3. The largest absolute Gasteiger partial charge is 0.435 e. The maximum absolute atomic E-state index is 12.2. The smallest absolute Gasteiger partial charge is 0.354 e. The highest BCUT2D eigenvalue weighted by molar-refractivity contribution is 5.37. The summed E-state index contributed by atoms with van der Waals surface area (Å²) in [4.78, 5) is 1.68. The molecule has 0 atom stereocenters. The maximum atomic E-state index is 12.2. The second kappa shape index (κ2) is 4.51. The number of hydrogen-bond donors (Lipinski definition) is 0. The molecule has 0 spiro atoms. The van der Waals surface area contributed by atoms with Crippen molar-refractivity contribution in [3.8, 4) is 0 Å². The van der Waals surface area contributed by atoms with Crippen LogP contribution in [-0.2, 0) is 6.18 Å². The fraction of sp³-hybridized carbons (Fsp3) is 0.400. The van der Waals surface area contributed by atoms with Gasteiger partial charge < -0.3 is 4.90 Å². The lowest BCUT2D eigenvalue weighted by Gasteiger charge is -2.17. The Morgan fingerprint density at radius 3 is 2.38 bits per heavy atom. The van der Waals surface area contributed by atoms with Crippen LogP contribution in [0.5, 0.6) is 0 Å². The summed E-state index contributed by atoms with van der Waals surface area (Å²) in [5.41, 5.74) is -0.0934. The van der Waals surface area contributed by atoms with Crippen LogP contribution in [0.3, 0.4) is 0 Å². The van der Waals surface area contributed by atoms with E-state index < -0.39 is 11.9 Å². The molecule has 0 aliphatic heterocycles. The molecular formula is C10H12F3N3. The third-order valence-corrected chi connectivity index (χ3v) is 1.84. The molecule has 16 heavy (non-hydrogen) atoms. The normalized spacial score (nSPS) is 11.3. The van der Waals surface area contributed by atoms with Crippen LogP contribution in [0.4, 0.5) is 19.0 Å². The summed E-state index contributed by atoms with van der Waals surface area (Å²) >= 11 is 0. The quantitative estimate of drug-likeness (QED) is 0.748. The minimum Gasteiger partial charge on any atom is -0.354 e. The van der Waals surface area contributed by atoms with Gasteiger partial charge in [0, 0.05) is 13.6 Å². The molecule has 1 aromatic heterocycles. The summed E-state index contributed by atoms with van der Waals surface area (Å²) in [7, 11) is 1.71. The fourth-order valence-electron chi connectivity index (χ4n) is 1.17. The van der Waals surface area contributed by atoms with Crippen LogP contribution in [0.15, 0.2) is 24.3 Å². The van der Waals surface area contributed by atoms with Gasteiger partial charge in [-0.3, -0.25) is 0 Å². The van der Waals surface area contributed by atoms with Crippen molar-refractivity contribution in [3.63, 3.8) is 0 Å². The molecule has 0 N–H and O–H groups in total. The highest BCUT2D eigenvalue weighted by Gasteiger charge is 2.32. The molecule has 1 aromatic rings. The van der Waals surface area contributed by atoms with Gasteiger partial charge in [0.1, 0.15) is 0 Å². The molecule has 0 aliphatic rings. The molecule has 1 rings (SSSR count). The van der Waals surface area contributed by atoms with Gasteiger partial charge in [0.15, 0.2) is 11.5 Å². The van der Waals surface area contributed by atoms with Crippen LogP contribution in [0.1, 0.15) is 12.6 Å². The molecule has 0 saturated carbocycles. The molecule has 3 nitrogen and oxygen atoms in total. The third kappa shape index (κ3) is 3.22. The van der Waals surface area contributed by atoms with Gasteiger partial charge in [0.2, 0.25) is 0 Å². The topological polar surface area (TPSA) is 29.0 Å². The van der Waals surface area contributed by atoms with Crippen LogP contribution in [-0.4, -0.2) is 23.8 Å². The first-order valence-corrected chi connectivity index (χ1v) is 4.57. The lowest BCUT2D eigenvalue weighted by molar-refractivity contribution is -0.141. The van der Waals surface area contributed by atoms with E-state index in [4.69, 9.17) is 0 Å². The lowest BCUT2D eigenvalue weighted by atomic mass is 10.3. The zero-order valence-corrected chi connectivity index (χ0v) is 9.04. The predicted octanol–water partition coefficient (Wildman–Crippen LogP) is 2.51. The van der Waals surface area contributed by atoms with Crippen LogP contribution in [0.25, 0.3) is 0 Å². The maximum Gasteiger partial charge on any atom is 0.435 e. The fourth-order valence-corrected chi connectivity index (χ4v) is 1.17. The number of likely N-dealkylation sites (N-methyl/N-ethyl adjacent to an activating group) is 1. The minimum atomic E-state index is -4.45. The van der Waals surface area contributed by atoms with E-state index in [0.717, 1.165) is 11.6 Å². The van der Waals surface area contributed by atoms with Gasteiger partial charge in [-0.25, -0.2) is 0 Å². The Bertz CT molecular complexity index is 370. The molecule has 88 valence electrons. The third-order valence-electron chi connectivity index (χ3n) is 1.84. The molecule has 0 bridgehead atoms. The van der Waals surface area contributed by atoms with Crippen molar-refractivity contribution in [2.24, 2.45) is 0 Å². The molecule has 0 unspecified atom stereocenters. The van der Waals surface area contributed by atoms with E-state index in [-0.39, 0.29) is 0 Å². The Balaban J connectivity index is 2.83. The Labute approximate surface area is 91.6 Å². The molecule has 0 saturated heterocycles. The van der Waals surface area contributed by atoms with E-state index in [1.54, 1.807) is 11.9 Å². The molecule has 0 radical (unpaired) electrons. The van der Waals surface area contributed by atoms with Gasteiger partial charge in [-0.15, -0.1) is 10.2 Å². The molecule has 0 aliphatic carbocycles. The van der Waals surface area contributed by atoms with Gasteiger partial charge in [0.05, 0.1) is 0 Å². The molecule has 6 heteroatoms. The molecule has 0 aromatic carbocycles. The number of halogens is 3. The van der Waals surface area contributed by atoms with Crippen molar-refractivity contribution in [3.05, 3.63) is 30.0 Å². The Hall–Kier alpha value is -1.59. The number of anilines is 1. The number of hydrogen-bond acceptors (Lipinski definition) is 3. The van der Waals surface area contributed by atoms with Gasteiger partial charge in [-0.1, -0.05) is 12.2 Å². The average molecular weight is 231 g/mol. The number of nitrogens with zero attached hydrogens (tertiary/aromatic N) is 3. The van der Waals surface area contributed by atoms with Crippen LogP contribution < -0.4 is 4.90 Å². The van der Waals surface area contributed by atoms with E-state index in [2.05, 4.69) is 16.8 Å². The van der Waals surface area contributed by atoms with Crippen molar-refractivity contribution in [2.45, 2.75) is 13.1 Å². The molecular weight excluding hydrogens is 219 g/mol. The van der Waals surface area contributed by atoms with E-state index in [9.17, 15) is 13.2 Å². The minimum absolute atomic E-state index is 0.385. The van der Waals surface area contributed by atoms with E-state index >= 15 is 0 Å². The van der Waals surface area contributed by atoms with Crippen molar-refractivity contribution < 1.29 is 13.2 Å². The standard InChI is InChI=1S/C10H12F3N3/c1-7(2)6-16(3)9-5-4-8(14-15-9)10(11,12)13/h4-5H,1,6H2,2-3H3. The van der Waals surface area contributed by atoms with Gasteiger partial charge in [-0.2, -0.15) is 13.2 Å². The van der Waals surface area contributed by atoms with Crippen molar-refractivity contribution in [1.29, 1.82) is 0 Å². The SMILES string of the molecule is C=C(C)CN(C)c1ccc(C(F)(F)F)nn1. The van der Waals surface area contributed by atoms with Crippen LogP contribution in [0, 0.1) is 0 Å². The summed E-state index contributed by atoms with van der Waals surface area (Å²) in [6, 6.07) is 2.20. The number of rotatable bonds is 3. The van der Waals surface area contributed by atoms with Crippen molar-refractivity contribution in [1.82, 2.24) is 10.2 Å². The van der Waals surface area contributed by atoms with E-state index in [0.29, 0.717) is 12.4 Å². The molecule has 1 heterocycles. The first-order valence-electron chi connectivity index (χ1n) is 4.57. The molecule has 0 amide bonds. The zero-order valence-electron chi connectivity index (χ0n) is 9.04. The predicted molar refractivity (Wildman–Crippen MR) is 55.1 cm³/mol. The monoisotopic (exact) mass is 231 g/mol. The van der Waals surface area contributed by atoms with Gasteiger partial charge in [0.25, 0.3) is 0 Å². The summed E-state index contributed by atoms with van der Waals surface area (Å²) in [6.07, 6.45) is -4.45. The first-order chi connectivity index (χ1) is 7.30. The zero-order chi connectivity index (χ0) is 12.3. The second-order valence-corrected chi connectivity index (χ2v) is 3.59. The lowest BCUT2D eigenvalue weighted by Crippen LogP contribution is -2.21. The highest BCUT2D eigenvalue weighted by atomic mass is 19.4. The second-order valence-electron chi connectivity index (χ2n) is 3.59. The van der Waals surface area contributed by atoms with E-state index in [1.165, 1.54) is 6.07 Å². The summed E-state index contributed by atoms with van der Waals surface area (Å²) < 4.78 is 36.6. The average Bonchev–Trinajstić information content (AvgIpc) is 2.15. The van der Waals surface area contributed by atoms with E-state index in [1.807, 2.05) is 6.92 Å². The number of aromatic nitrogens is 2. The Kier molecular flexibility index (Phi) is 3.51. The van der Waals surface area contributed by atoms with Crippen LogP contribution in [0.2, 0.25) is 0 Å². The summed E-state index contributed by atoms with van der Waals surface area (Å²) in [5.74, 6) is 0.385. The van der Waals surface area contributed by atoms with Gasteiger partial charge >= 0.3 is 6.18 Å². The Morgan fingerprint density at radius 1 is 1.38 bits per heavy atom. The van der Waals surface area contributed by atoms with Crippen molar-refractivity contribution in [2.75, 3.05) is 18.5 Å². The first kappa shape index (κ1) is 12.5. The summed E-state index contributed by atoms with van der Waals surface area (Å²) in [6.45, 7) is 6.06. The molecule has 0 fully saturated rings.